The number of rotatable bonds is 3. The molecule has 2 aromatic heterocycles. The minimum atomic E-state index is 0.404. The maximum absolute atomic E-state index is 9.38. The van der Waals surface area contributed by atoms with Crippen molar-refractivity contribution in [3.05, 3.63) is 40.5 Å². The first kappa shape index (κ1) is 17.2. The van der Waals surface area contributed by atoms with E-state index in [9.17, 15) is 5.26 Å². The highest BCUT2D eigenvalue weighted by molar-refractivity contribution is 9.10. The number of fused-ring (bicyclic) bond motifs is 1. The van der Waals surface area contributed by atoms with E-state index in [1.807, 2.05) is 16.6 Å². The molecule has 0 radical (unpaired) electrons. The fourth-order valence-corrected chi connectivity index (χ4v) is 4.17. The number of imidazole rings is 1. The van der Waals surface area contributed by atoms with E-state index in [2.05, 4.69) is 58.4 Å². The number of anilines is 1. The minimum Gasteiger partial charge on any atom is -0.365 e. The van der Waals surface area contributed by atoms with Crippen LogP contribution in [0.3, 0.4) is 0 Å². The van der Waals surface area contributed by atoms with Gasteiger partial charge >= 0.3 is 0 Å². The summed E-state index contributed by atoms with van der Waals surface area (Å²) in [5.41, 5.74) is 3.14. The molecule has 1 fully saturated rings. The lowest BCUT2D eigenvalue weighted by Crippen LogP contribution is -2.35. The topological polar surface area (TPSA) is 68.9 Å². The summed E-state index contributed by atoms with van der Waals surface area (Å²) in [5, 5.41) is 16.3. The summed E-state index contributed by atoms with van der Waals surface area (Å²) in [6.45, 7) is 4.66. The fourth-order valence-electron chi connectivity index (χ4n) is 3.91. The van der Waals surface area contributed by atoms with E-state index < -0.39 is 0 Å². The molecule has 3 aromatic rings. The van der Waals surface area contributed by atoms with E-state index in [4.69, 9.17) is 4.98 Å². The Kier molecular flexibility index (Phi) is 4.49. The second kappa shape index (κ2) is 6.81. The Morgan fingerprint density at radius 3 is 2.77 bits per heavy atom. The summed E-state index contributed by atoms with van der Waals surface area (Å²) in [6.07, 6.45) is 5.41. The molecule has 3 atom stereocenters. The highest BCUT2D eigenvalue weighted by Crippen LogP contribution is 2.35. The zero-order chi connectivity index (χ0) is 18.3. The van der Waals surface area contributed by atoms with Crippen molar-refractivity contribution < 1.29 is 0 Å². The van der Waals surface area contributed by atoms with E-state index in [0.717, 1.165) is 28.0 Å². The molecule has 1 saturated carbocycles. The lowest BCUT2D eigenvalue weighted by atomic mass is 9.78. The van der Waals surface area contributed by atoms with Crippen molar-refractivity contribution in [2.24, 2.45) is 11.8 Å². The molecule has 0 aliphatic heterocycles. The predicted molar refractivity (Wildman–Crippen MR) is 107 cm³/mol. The molecule has 0 amide bonds. The SMILES string of the molecule is C[C@@H]1[C@H](C)CCC[C@@H]1Nc1c(-c2ccc(Br)cc2)nc2c(C#N)c[nH]n12. The first-order valence-electron chi connectivity index (χ1n) is 9.11. The van der Waals surface area contributed by atoms with Gasteiger partial charge in [-0.3, -0.25) is 5.10 Å². The third kappa shape index (κ3) is 2.90. The van der Waals surface area contributed by atoms with Gasteiger partial charge in [0.2, 0.25) is 0 Å². The molecular weight excluding hydrogens is 390 g/mol. The van der Waals surface area contributed by atoms with Crippen LogP contribution in [0.5, 0.6) is 0 Å². The smallest absolute Gasteiger partial charge is 0.173 e. The molecule has 0 bridgehead atoms. The maximum Gasteiger partial charge on any atom is 0.173 e. The van der Waals surface area contributed by atoms with Gasteiger partial charge < -0.3 is 5.32 Å². The van der Waals surface area contributed by atoms with E-state index in [0.29, 0.717) is 29.1 Å². The molecule has 0 saturated heterocycles. The summed E-state index contributed by atoms with van der Waals surface area (Å²) in [5.74, 6) is 2.24. The fraction of sp³-hybridized carbons (Fsp3) is 0.400. The van der Waals surface area contributed by atoms with Gasteiger partial charge in [0.25, 0.3) is 0 Å². The number of halogens is 1. The molecule has 1 aromatic carbocycles. The predicted octanol–water partition coefficient (Wildman–Crippen LogP) is 5.20. The summed E-state index contributed by atoms with van der Waals surface area (Å²) in [6, 6.07) is 10.8. The van der Waals surface area contributed by atoms with Crippen molar-refractivity contribution in [1.82, 2.24) is 14.6 Å². The Morgan fingerprint density at radius 1 is 1.27 bits per heavy atom. The Morgan fingerprint density at radius 2 is 2.04 bits per heavy atom. The monoisotopic (exact) mass is 411 g/mol. The second-order valence-electron chi connectivity index (χ2n) is 7.29. The third-order valence-corrected chi connectivity index (χ3v) is 6.25. The van der Waals surface area contributed by atoms with Gasteiger partial charge in [-0.1, -0.05) is 54.8 Å². The Hall–Kier alpha value is -2.26. The largest absolute Gasteiger partial charge is 0.365 e. The van der Waals surface area contributed by atoms with Gasteiger partial charge in [0.15, 0.2) is 11.5 Å². The molecule has 1 aliphatic carbocycles. The number of nitriles is 1. The summed E-state index contributed by atoms with van der Waals surface area (Å²) >= 11 is 3.49. The normalized spacial score (nSPS) is 23.1. The zero-order valence-corrected chi connectivity index (χ0v) is 16.5. The van der Waals surface area contributed by atoms with Crippen molar-refractivity contribution in [2.45, 2.75) is 39.2 Å². The summed E-state index contributed by atoms with van der Waals surface area (Å²) < 4.78 is 2.94. The number of hydrogen-bond acceptors (Lipinski definition) is 3. The van der Waals surface area contributed by atoms with E-state index in [1.165, 1.54) is 12.8 Å². The quantitative estimate of drug-likeness (QED) is 0.621. The number of aromatic nitrogens is 3. The average molecular weight is 412 g/mol. The van der Waals surface area contributed by atoms with Crippen LogP contribution in [0.25, 0.3) is 16.9 Å². The maximum atomic E-state index is 9.38. The summed E-state index contributed by atoms with van der Waals surface area (Å²) in [7, 11) is 0. The van der Waals surface area contributed by atoms with Crippen LogP contribution in [0.1, 0.15) is 38.7 Å². The number of H-pyrrole nitrogens is 1. The Labute approximate surface area is 161 Å². The van der Waals surface area contributed by atoms with Crippen LogP contribution in [0.2, 0.25) is 0 Å². The molecule has 5 nitrogen and oxygen atoms in total. The number of hydrogen-bond donors (Lipinski definition) is 2. The van der Waals surface area contributed by atoms with Gasteiger partial charge in [-0.25, -0.2) is 9.50 Å². The zero-order valence-electron chi connectivity index (χ0n) is 15.0. The number of nitrogens with zero attached hydrogens (tertiary/aromatic N) is 3. The number of aromatic amines is 1. The van der Waals surface area contributed by atoms with E-state index in [-0.39, 0.29) is 0 Å². The van der Waals surface area contributed by atoms with Gasteiger partial charge in [0.05, 0.1) is 0 Å². The Balaban J connectivity index is 1.80. The minimum absolute atomic E-state index is 0.404. The first-order chi connectivity index (χ1) is 12.6. The molecule has 134 valence electrons. The second-order valence-corrected chi connectivity index (χ2v) is 8.21. The molecule has 2 heterocycles. The molecule has 4 rings (SSSR count). The molecule has 26 heavy (non-hydrogen) atoms. The van der Waals surface area contributed by atoms with Crippen molar-refractivity contribution >= 4 is 27.4 Å². The van der Waals surface area contributed by atoms with Crippen LogP contribution in [0, 0.1) is 23.2 Å². The van der Waals surface area contributed by atoms with Crippen molar-refractivity contribution in [1.29, 1.82) is 5.26 Å². The summed E-state index contributed by atoms with van der Waals surface area (Å²) in [4.78, 5) is 4.78. The molecule has 0 unspecified atom stereocenters. The van der Waals surface area contributed by atoms with Crippen molar-refractivity contribution in [3.63, 3.8) is 0 Å². The molecule has 1 aliphatic rings. The highest BCUT2D eigenvalue weighted by atomic mass is 79.9. The van der Waals surface area contributed by atoms with Crippen molar-refractivity contribution in [2.75, 3.05) is 5.32 Å². The molecule has 2 N–H and O–H groups in total. The lowest BCUT2D eigenvalue weighted by molar-refractivity contribution is 0.252. The lowest BCUT2D eigenvalue weighted by Gasteiger charge is -2.35. The van der Waals surface area contributed by atoms with Crippen LogP contribution in [0.15, 0.2) is 34.9 Å². The Bertz CT molecular complexity index is 963. The van der Waals surface area contributed by atoms with Gasteiger partial charge in [-0.05, 0) is 30.4 Å². The van der Waals surface area contributed by atoms with Crippen LogP contribution >= 0.6 is 15.9 Å². The van der Waals surface area contributed by atoms with Gasteiger partial charge in [-0.2, -0.15) is 5.26 Å². The molecule has 6 heteroatoms. The molecular formula is C20H22BrN5. The van der Waals surface area contributed by atoms with Crippen LogP contribution in [0.4, 0.5) is 5.82 Å². The van der Waals surface area contributed by atoms with Crippen LogP contribution < -0.4 is 5.32 Å². The van der Waals surface area contributed by atoms with Crippen LogP contribution in [-0.4, -0.2) is 20.6 Å². The van der Waals surface area contributed by atoms with Gasteiger partial charge in [-0.15, -0.1) is 0 Å². The first-order valence-corrected chi connectivity index (χ1v) is 9.90. The van der Waals surface area contributed by atoms with E-state index in [1.54, 1.807) is 6.20 Å². The van der Waals surface area contributed by atoms with E-state index >= 15 is 0 Å². The number of nitrogens with one attached hydrogen (secondary N) is 2. The van der Waals surface area contributed by atoms with Crippen molar-refractivity contribution in [3.8, 4) is 17.3 Å². The van der Waals surface area contributed by atoms with Gasteiger partial charge in [0, 0.05) is 22.3 Å². The third-order valence-electron chi connectivity index (χ3n) is 5.72. The average Bonchev–Trinajstić information content (AvgIpc) is 3.19. The molecule has 0 spiro atoms. The van der Waals surface area contributed by atoms with Gasteiger partial charge in [0.1, 0.15) is 17.3 Å². The standard InChI is InChI=1S/C20H22BrN5/c1-12-4-3-5-17(13(12)2)24-20-18(14-6-8-16(21)9-7-14)25-19-15(10-22)11-23-26(19)20/h6-9,11-13,17,23-24H,3-5H2,1-2H3/t12-,13-,17+/m1/s1. The highest BCUT2D eigenvalue weighted by Gasteiger charge is 2.29. The van der Waals surface area contributed by atoms with Crippen LogP contribution in [-0.2, 0) is 0 Å². The number of benzene rings is 1.